The van der Waals surface area contributed by atoms with Gasteiger partial charge in [-0.05, 0) is 37.0 Å². The number of rotatable bonds is 7. The first-order valence-corrected chi connectivity index (χ1v) is 10.4. The van der Waals surface area contributed by atoms with Gasteiger partial charge in [-0.3, -0.25) is 9.59 Å². The molecule has 1 saturated carbocycles. The summed E-state index contributed by atoms with van der Waals surface area (Å²) in [6, 6.07) is 7.82. The van der Waals surface area contributed by atoms with E-state index in [1.807, 2.05) is 34.1 Å². The Morgan fingerprint density at radius 3 is 2.60 bits per heavy atom. The van der Waals surface area contributed by atoms with E-state index in [1.165, 1.54) is 0 Å². The zero-order valence-electron chi connectivity index (χ0n) is 17.8. The molecule has 160 valence electrons. The molecule has 30 heavy (non-hydrogen) atoms. The smallest absolute Gasteiger partial charge is 0.233 e. The van der Waals surface area contributed by atoms with E-state index in [2.05, 4.69) is 10.1 Å². The van der Waals surface area contributed by atoms with Gasteiger partial charge in [-0.1, -0.05) is 17.3 Å². The number of aromatic nitrogens is 2. The molecule has 2 amide bonds. The number of carbonyl (C=O) groups is 2. The lowest BCUT2D eigenvalue weighted by Crippen LogP contribution is -2.44. The van der Waals surface area contributed by atoms with Gasteiger partial charge in [-0.2, -0.15) is 4.98 Å². The van der Waals surface area contributed by atoms with E-state index in [9.17, 15) is 9.59 Å². The minimum Gasteiger partial charge on any atom is -0.497 e. The van der Waals surface area contributed by atoms with Crippen molar-refractivity contribution in [1.82, 2.24) is 19.9 Å². The molecule has 1 aromatic carbocycles. The molecule has 2 aromatic rings. The molecule has 2 fully saturated rings. The highest BCUT2D eigenvalue weighted by molar-refractivity contribution is 5.91. The summed E-state index contributed by atoms with van der Waals surface area (Å²) < 4.78 is 10.2. The summed E-state index contributed by atoms with van der Waals surface area (Å²) in [5, 5.41) is 3.91. The summed E-state index contributed by atoms with van der Waals surface area (Å²) in [7, 11) is 1.64. The van der Waals surface area contributed by atoms with Crippen molar-refractivity contribution in [1.29, 1.82) is 0 Å². The maximum atomic E-state index is 13.4. The van der Waals surface area contributed by atoms with Gasteiger partial charge in [0.2, 0.25) is 17.7 Å². The van der Waals surface area contributed by atoms with Crippen molar-refractivity contribution in [2.24, 2.45) is 0 Å². The van der Waals surface area contributed by atoms with Crippen molar-refractivity contribution in [3.05, 3.63) is 41.5 Å². The van der Waals surface area contributed by atoms with E-state index in [0.717, 1.165) is 30.6 Å². The molecule has 0 spiro atoms. The predicted molar refractivity (Wildman–Crippen MR) is 109 cm³/mol. The van der Waals surface area contributed by atoms with Crippen molar-refractivity contribution in [2.45, 2.75) is 51.0 Å². The molecule has 1 aliphatic carbocycles. The van der Waals surface area contributed by atoms with Crippen LogP contribution in [-0.4, -0.2) is 64.5 Å². The number of hydrogen-bond acceptors (Lipinski definition) is 6. The van der Waals surface area contributed by atoms with E-state index in [4.69, 9.17) is 9.26 Å². The van der Waals surface area contributed by atoms with Crippen molar-refractivity contribution in [2.75, 3.05) is 26.7 Å². The van der Waals surface area contributed by atoms with Crippen LogP contribution in [0.4, 0.5) is 0 Å². The van der Waals surface area contributed by atoms with Crippen LogP contribution >= 0.6 is 0 Å². The summed E-state index contributed by atoms with van der Waals surface area (Å²) >= 11 is 0. The van der Waals surface area contributed by atoms with Gasteiger partial charge in [0.05, 0.1) is 18.6 Å². The number of likely N-dealkylation sites (tertiary alicyclic amines) is 1. The molecule has 0 bridgehead atoms. The fraction of sp³-hybridized carbons (Fsp3) is 0.545. The van der Waals surface area contributed by atoms with Crippen LogP contribution in [0.1, 0.15) is 43.5 Å². The summed E-state index contributed by atoms with van der Waals surface area (Å²) in [4.78, 5) is 33.6. The Bertz CT molecular complexity index is 919. The third kappa shape index (κ3) is 3.91. The first-order valence-electron chi connectivity index (χ1n) is 10.4. The van der Waals surface area contributed by atoms with E-state index < -0.39 is 5.41 Å². The largest absolute Gasteiger partial charge is 0.497 e. The molecular weight excluding hydrogens is 384 g/mol. The lowest BCUT2D eigenvalue weighted by atomic mass is 9.94. The number of methoxy groups -OCH3 is 1. The second kappa shape index (κ2) is 8.08. The van der Waals surface area contributed by atoms with Crippen LogP contribution in [0.25, 0.3) is 0 Å². The van der Waals surface area contributed by atoms with Crippen LogP contribution in [0.3, 0.4) is 0 Å². The van der Waals surface area contributed by atoms with Gasteiger partial charge in [-0.25, -0.2) is 0 Å². The third-order valence-electron chi connectivity index (χ3n) is 6.24. The number of hydrogen-bond donors (Lipinski definition) is 0. The van der Waals surface area contributed by atoms with Crippen LogP contribution in [0.5, 0.6) is 5.75 Å². The SMILES string of the molecule is COc1ccc(C2(C(=O)N3CCC(N(CCc4noc(C)n4)C(C)=O)C3)CC2)cc1. The topological polar surface area (TPSA) is 88.8 Å². The minimum atomic E-state index is -0.412. The lowest BCUT2D eigenvalue weighted by molar-refractivity contribution is -0.135. The maximum Gasteiger partial charge on any atom is 0.233 e. The molecule has 1 aliphatic heterocycles. The van der Waals surface area contributed by atoms with Gasteiger partial charge in [0, 0.05) is 39.9 Å². The number of carbonyl (C=O) groups excluding carboxylic acids is 2. The average molecular weight is 412 g/mol. The molecule has 4 rings (SSSR count). The quantitative estimate of drug-likeness (QED) is 0.692. The van der Waals surface area contributed by atoms with Gasteiger partial charge in [0.1, 0.15) is 5.75 Å². The van der Waals surface area contributed by atoms with Crippen LogP contribution in [-0.2, 0) is 21.4 Å². The number of ether oxygens (including phenoxy) is 1. The van der Waals surface area contributed by atoms with Crippen molar-refractivity contribution in [3.8, 4) is 5.75 Å². The Labute approximate surface area is 176 Å². The summed E-state index contributed by atoms with van der Waals surface area (Å²) in [5.41, 5.74) is 0.636. The molecular formula is C22H28N4O4. The van der Waals surface area contributed by atoms with Crippen LogP contribution in [0.15, 0.2) is 28.8 Å². The molecule has 0 radical (unpaired) electrons. The Morgan fingerprint density at radius 1 is 1.30 bits per heavy atom. The normalized spacial score (nSPS) is 19.6. The molecule has 1 saturated heterocycles. The number of amides is 2. The molecule has 1 aromatic heterocycles. The zero-order chi connectivity index (χ0) is 21.3. The summed E-state index contributed by atoms with van der Waals surface area (Å²) in [6.07, 6.45) is 3.06. The molecule has 2 heterocycles. The van der Waals surface area contributed by atoms with Crippen LogP contribution < -0.4 is 4.74 Å². The number of aryl methyl sites for hydroxylation is 1. The minimum absolute atomic E-state index is 0.00538. The Balaban J connectivity index is 1.40. The van der Waals surface area contributed by atoms with E-state index in [-0.39, 0.29) is 17.9 Å². The first kappa shape index (κ1) is 20.4. The molecule has 1 unspecified atom stereocenters. The van der Waals surface area contributed by atoms with Crippen molar-refractivity contribution < 1.29 is 18.8 Å². The first-order chi connectivity index (χ1) is 14.4. The van der Waals surface area contributed by atoms with Crippen LogP contribution in [0, 0.1) is 6.92 Å². The highest BCUT2D eigenvalue weighted by Crippen LogP contribution is 2.50. The lowest BCUT2D eigenvalue weighted by Gasteiger charge is -2.29. The molecule has 0 N–H and O–H groups in total. The highest BCUT2D eigenvalue weighted by Gasteiger charge is 2.54. The van der Waals surface area contributed by atoms with E-state index >= 15 is 0 Å². The Hall–Kier alpha value is -2.90. The zero-order valence-corrected chi connectivity index (χ0v) is 17.8. The highest BCUT2D eigenvalue weighted by atomic mass is 16.5. The van der Waals surface area contributed by atoms with Gasteiger partial charge >= 0.3 is 0 Å². The summed E-state index contributed by atoms with van der Waals surface area (Å²) in [6.45, 7) is 5.08. The monoisotopic (exact) mass is 412 g/mol. The fourth-order valence-electron chi connectivity index (χ4n) is 4.40. The molecule has 8 heteroatoms. The number of benzene rings is 1. The fourth-order valence-corrected chi connectivity index (χ4v) is 4.40. The Morgan fingerprint density at radius 2 is 2.03 bits per heavy atom. The number of nitrogens with zero attached hydrogens (tertiary/aromatic N) is 4. The summed E-state index contributed by atoms with van der Waals surface area (Å²) in [5.74, 6) is 2.08. The molecule has 8 nitrogen and oxygen atoms in total. The van der Waals surface area contributed by atoms with Gasteiger partial charge in [0.15, 0.2) is 5.82 Å². The Kier molecular flexibility index (Phi) is 5.49. The van der Waals surface area contributed by atoms with Crippen molar-refractivity contribution >= 4 is 11.8 Å². The average Bonchev–Trinajstić information content (AvgIpc) is 3.22. The van der Waals surface area contributed by atoms with E-state index in [0.29, 0.717) is 37.8 Å². The predicted octanol–water partition coefficient (Wildman–Crippen LogP) is 2.11. The second-order valence-corrected chi connectivity index (χ2v) is 8.20. The molecule has 1 atom stereocenters. The van der Waals surface area contributed by atoms with E-state index in [1.54, 1.807) is 21.0 Å². The second-order valence-electron chi connectivity index (χ2n) is 8.20. The third-order valence-corrected chi connectivity index (χ3v) is 6.24. The maximum absolute atomic E-state index is 13.4. The van der Waals surface area contributed by atoms with Gasteiger partial charge in [-0.15, -0.1) is 0 Å². The van der Waals surface area contributed by atoms with Crippen molar-refractivity contribution in [3.63, 3.8) is 0 Å². The molecule has 2 aliphatic rings. The van der Waals surface area contributed by atoms with Crippen LogP contribution in [0.2, 0.25) is 0 Å². The standard InChI is InChI=1S/C22H28N4O4/c1-15-23-20(24-30-15)9-13-26(16(2)27)18-8-12-25(14-18)21(28)22(10-11-22)17-4-6-19(29-3)7-5-17/h4-7,18H,8-14H2,1-3H3. The van der Waals surface area contributed by atoms with Gasteiger partial charge in [0.25, 0.3) is 0 Å². The van der Waals surface area contributed by atoms with Gasteiger partial charge < -0.3 is 19.1 Å².